The highest BCUT2D eigenvalue weighted by Gasteiger charge is 2.26. The van der Waals surface area contributed by atoms with Crippen molar-refractivity contribution >= 4 is 6.03 Å². The molecule has 0 aliphatic rings. The van der Waals surface area contributed by atoms with E-state index < -0.39 is 0 Å². The van der Waals surface area contributed by atoms with Gasteiger partial charge < -0.3 is 15.7 Å². The summed E-state index contributed by atoms with van der Waals surface area (Å²) in [4.78, 5) is 12.2. The number of amides is 2. The third-order valence-corrected chi connectivity index (χ3v) is 3.99. The van der Waals surface area contributed by atoms with Gasteiger partial charge in [0.1, 0.15) is 0 Å². The quantitative estimate of drug-likeness (QED) is 0.721. The molecule has 0 saturated carbocycles. The van der Waals surface area contributed by atoms with Crippen molar-refractivity contribution in [3.63, 3.8) is 0 Å². The molecule has 2 amide bonds. The second-order valence-electron chi connectivity index (χ2n) is 7.65. The van der Waals surface area contributed by atoms with E-state index in [0.717, 1.165) is 6.42 Å². The van der Waals surface area contributed by atoms with Crippen molar-refractivity contribution in [1.29, 1.82) is 0 Å². The molecule has 4 heteroatoms. The summed E-state index contributed by atoms with van der Waals surface area (Å²) >= 11 is 0. The Kier molecular flexibility index (Phi) is 7.56. The fourth-order valence-corrected chi connectivity index (χ4v) is 2.57. The summed E-state index contributed by atoms with van der Waals surface area (Å²) < 4.78 is 0. The van der Waals surface area contributed by atoms with Gasteiger partial charge in [-0.1, -0.05) is 58.0 Å². The molecule has 0 saturated heterocycles. The lowest BCUT2D eigenvalue weighted by Crippen LogP contribution is -2.49. The summed E-state index contributed by atoms with van der Waals surface area (Å²) in [7, 11) is 0. The van der Waals surface area contributed by atoms with Crippen LogP contribution in [0.3, 0.4) is 0 Å². The van der Waals surface area contributed by atoms with Gasteiger partial charge in [-0.3, -0.25) is 0 Å². The minimum atomic E-state index is -0.338. The Bertz CT molecular complexity index is 466. The van der Waals surface area contributed by atoms with E-state index in [4.69, 9.17) is 0 Å². The average molecular weight is 320 g/mol. The predicted octanol–water partition coefficient (Wildman–Crippen LogP) is 3.35. The number of carbonyl (C=O) groups is 1. The van der Waals surface area contributed by atoms with E-state index in [1.165, 1.54) is 5.56 Å². The van der Waals surface area contributed by atoms with Crippen LogP contribution in [0, 0.1) is 11.3 Å². The largest absolute Gasteiger partial charge is 0.393 e. The van der Waals surface area contributed by atoms with E-state index in [1.807, 2.05) is 25.1 Å². The first-order valence-electron chi connectivity index (χ1n) is 8.45. The van der Waals surface area contributed by atoms with Crippen molar-refractivity contribution in [3.05, 3.63) is 35.9 Å². The smallest absolute Gasteiger partial charge is 0.315 e. The van der Waals surface area contributed by atoms with Crippen LogP contribution in [-0.4, -0.2) is 29.8 Å². The highest BCUT2D eigenvalue weighted by molar-refractivity contribution is 5.74. The van der Waals surface area contributed by atoms with Crippen LogP contribution in [0.4, 0.5) is 4.79 Å². The molecule has 0 heterocycles. The molecule has 3 unspecified atom stereocenters. The van der Waals surface area contributed by atoms with Crippen molar-refractivity contribution in [3.8, 4) is 0 Å². The number of nitrogens with one attached hydrogen (secondary N) is 2. The highest BCUT2D eigenvalue weighted by Crippen LogP contribution is 2.22. The topological polar surface area (TPSA) is 61.4 Å². The highest BCUT2D eigenvalue weighted by atomic mass is 16.3. The zero-order chi connectivity index (χ0) is 17.5. The molecule has 3 atom stereocenters. The maximum absolute atomic E-state index is 12.2. The van der Waals surface area contributed by atoms with E-state index in [-0.39, 0.29) is 29.5 Å². The summed E-state index contributed by atoms with van der Waals surface area (Å²) in [6.45, 7) is 10.8. The van der Waals surface area contributed by atoms with E-state index in [0.29, 0.717) is 13.0 Å². The molecule has 0 bridgehead atoms. The number of hydrogen-bond acceptors (Lipinski definition) is 2. The Morgan fingerprint density at radius 3 is 2.30 bits per heavy atom. The van der Waals surface area contributed by atoms with Crippen LogP contribution >= 0.6 is 0 Å². The first-order valence-corrected chi connectivity index (χ1v) is 8.45. The van der Waals surface area contributed by atoms with Crippen LogP contribution in [0.25, 0.3) is 0 Å². The molecule has 0 fully saturated rings. The van der Waals surface area contributed by atoms with Gasteiger partial charge in [-0.2, -0.15) is 0 Å². The molecule has 130 valence electrons. The Hall–Kier alpha value is -1.55. The average Bonchev–Trinajstić information content (AvgIpc) is 2.44. The van der Waals surface area contributed by atoms with Gasteiger partial charge in [0, 0.05) is 12.6 Å². The molecule has 0 aliphatic carbocycles. The molecule has 0 spiro atoms. The zero-order valence-electron chi connectivity index (χ0n) is 15.1. The third-order valence-electron chi connectivity index (χ3n) is 3.99. The first kappa shape index (κ1) is 19.5. The predicted molar refractivity (Wildman–Crippen MR) is 95.4 cm³/mol. The molecule has 1 aromatic rings. The van der Waals surface area contributed by atoms with Gasteiger partial charge in [0.25, 0.3) is 0 Å². The van der Waals surface area contributed by atoms with E-state index in [2.05, 4.69) is 43.5 Å². The van der Waals surface area contributed by atoms with Gasteiger partial charge in [-0.05, 0) is 36.7 Å². The standard InChI is InChI=1S/C19H32N2O2/c1-14(11-15(2)22)13-20-18(23)21-17(19(3,4)5)12-16-9-7-6-8-10-16/h6-10,14-15,17,22H,11-13H2,1-5H3,(H2,20,21,23). The summed E-state index contributed by atoms with van der Waals surface area (Å²) in [5.41, 5.74) is 1.19. The van der Waals surface area contributed by atoms with Crippen LogP contribution in [0.2, 0.25) is 0 Å². The van der Waals surface area contributed by atoms with Gasteiger partial charge in [-0.15, -0.1) is 0 Å². The third kappa shape index (κ3) is 8.03. The Balaban J connectivity index is 2.55. The Morgan fingerprint density at radius 1 is 1.17 bits per heavy atom. The summed E-state index contributed by atoms with van der Waals surface area (Å²) in [6, 6.07) is 10.1. The second-order valence-corrected chi connectivity index (χ2v) is 7.65. The van der Waals surface area contributed by atoms with E-state index in [9.17, 15) is 9.90 Å². The van der Waals surface area contributed by atoms with E-state index in [1.54, 1.807) is 6.92 Å². The van der Waals surface area contributed by atoms with Gasteiger partial charge in [0.15, 0.2) is 0 Å². The molecule has 0 radical (unpaired) electrons. The SMILES string of the molecule is CC(O)CC(C)CNC(=O)NC(Cc1ccccc1)C(C)(C)C. The van der Waals surface area contributed by atoms with Gasteiger partial charge in [0.05, 0.1) is 6.10 Å². The number of aliphatic hydroxyl groups excluding tert-OH is 1. The van der Waals surface area contributed by atoms with Crippen LogP contribution in [0.1, 0.15) is 46.6 Å². The molecule has 3 N–H and O–H groups in total. The van der Waals surface area contributed by atoms with Gasteiger partial charge in [-0.25, -0.2) is 4.79 Å². The lowest BCUT2D eigenvalue weighted by atomic mass is 9.83. The molecule has 23 heavy (non-hydrogen) atoms. The molecular weight excluding hydrogens is 288 g/mol. The Morgan fingerprint density at radius 2 is 1.78 bits per heavy atom. The van der Waals surface area contributed by atoms with Crippen LogP contribution in [0.5, 0.6) is 0 Å². The van der Waals surface area contributed by atoms with Crippen molar-refractivity contribution in [2.45, 2.75) is 59.6 Å². The fraction of sp³-hybridized carbons (Fsp3) is 0.632. The summed E-state index contributed by atoms with van der Waals surface area (Å²) in [5, 5.41) is 15.4. The normalized spacial score (nSPS) is 15.6. The number of urea groups is 1. The van der Waals surface area contributed by atoms with Crippen molar-refractivity contribution < 1.29 is 9.90 Å². The zero-order valence-corrected chi connectivity index (χ0v) is 15.1. The lowest BCUT2D eigenvalue weighted by molar-refractivity contribution is 0.162. The molecule has 4 nitrogen and oxygen atoms in total. The molecular formula is C19H32N2O2. The minimum Gasteiger partial charge on any atom is -0.393 e. The van der Waals surface area contributed by atoms with Crippen LogP contribution in [-0.2, 0) is 6.42 Å². The lowest BCUT2D eigenvalue weighted by Gasteiger charge is -2.32. The van der Waals surface area contributed by atoms with Crippen molar-refractivity contribution in [2.24, 2.45) is 11.3 Å². The second kappa shape index (κ2) is 8.92. The fourth-order valence-electron chi connectivity index (χ4n) is 2.57. The molecule has 1 rings (SSSR count). The maximum Gasteiger partial charge on any atom is 0.315 e. The minimum absolute atomic E-state index is 0.0294. The maximum atomic E-state index is 12.2. The summed E-state index contributed by atoms with van der Waals surface area (Å²) in [6.07, 6.45) is 1.16. The number of rotatable bonds is 7. The van der Waals surface area contributed by atoms with Crippen molar-refractivity contribution in [1.82, 2.24) is 10.6 Å². The number of benzene rings is 1. The number of carbonyl (C=O) groups excluding carboxylic acids is 1. The number of hydrogen-bond donors (Lipinski definition) is 3. The van der Waals surface area contributed by atoms with Crippen LogP contribution < -0.4 is 10.6 Å². The Labute approximate surface area is 140 Å². The number of aliphatic hydroxyl groups is 1. The summed E-state index contributed by atoms with van der Waals surface area (Å²) in [5.74, 6) is 0.253. The molecule has 0 aliphatic heterocycles. The van der Waals surface area contributed by atoms with Gasteiger partial charge >= 0.3 is 6.03 Å². The molecule has 0 aromatic heterocycles. The van der Waals surface area contributed by atoms with E-state index >= 15 is 0 Å². The van der Waals surface area contributed by atoms with Crippen molar-refractivity contribution in [2.75, 3.05) is 6.54 Å². The monoisotopic (exact) mass is 320 g/mol. The first-order chi connectivity index (χ1) is 10.7. The molecule has 1 aromatic carbocycles. The van der Waals surface area contributed by atoms with Crippen LogP contribution in [0.15, 0.2) is 30.3 Å². The van der Waals surface area contributed by atoms with Gasteiger partial charge in [0.2, 0.25) is 0 Å².